The molecule has 1 saturated carbocycles. The van der Waals surface area contributed by atoms with Crippen molar-refractivity contribution >= 4 is 27.5 Å². The van der Waals surface area contributed by atoms with E-state index >= 15 is 0 Å². The van der Waals surface area contributed by atoms with Crippen molar-refractivity contribution in [3.63, 3.8) is 0 Å². The minimum Gasteiger partial charge on any atom is -0.491 e. The molecular weight excluding hydrogens is 458 g/mol. The first kappa shape index (κ1) is 26.3. The van der Waals surface area contributed by atoms with Gasteiger partial charge in [-0.25, -0.2) is 8.42 Å². The van der Waals surface area contributed by atoms with Gasteiger partial charge in [-0.2, -0.15) is 0 Å². The molecule has 2 aliphatic rings. The Bertz CT molecular complexity index is 992. The minimum absolute atomic E-state index is 0.00767. The zero-order valence-corrected chi connectivity index (χ0v) is 21.6. The summed E-state index contributed by atoms with van der Waals surface area (Å²) < 4.78 is 37.6. The van der Waals surface area contributed by atoms with Crippen LogP contribution >= 0.6 is 0 Å². The first-order chi connectivity index (χ1) is 16.0. The summed E-state index contributed by atoms with van der Waals surface area (Å²) in [5, 5.41) is 0. The summed E-state index contributed by atoms with van der Waals surface area (Å²) in [5.74, 6) is 0.207. The molecule has 0 radical (unpaired) electrons. The number of ether oxygens (including phenoxy) is 2. The van der Waals surface area contributed by atoms with Crippen LogP contribution in [0.4, 0.5) is 5.69 Å². The zero-order chi connectivity index (χ0) is 25.0. The number of nitrogens with one attached hydrogen (secondary N) is 1. The summed E-state index contributed by atoms with van der Waals surface area (Å²) in [4.78, 5) is 30.1. The molecule has 10 heteroatoms. The number of carbonyl (C=O) groups excluding carboxylic acids is 2. The quantitative estimate of drug-likeness (QED) is 0.688. The van der Waals surface area contributed by atoms with Gasteiger partial charge in [0.2, 0.25) is 15.9 Å². The van der Waals surface area contributed by atoms with Gasteiger partial charge >= 0.3 is 0 Å². The van der Waals surface area contributed by atoms with Crippen molar-refractivity contribution in [1.82, 2.24) is 9.80 Å². The van der Waals surface area contributed by atoms with Crippen LogP contribution in [0, 0.1) is 11.8 Å². The van der Waals surface area contributed by atoms with E-state index in [1.165, 1.54) is 12.1 Å². The Morgan fingerprint density at radius 2 is 1.85 bits per heavy atom. The van der Waals surface area contributed by atoms with Gasteiger partial charge in [-0.1, -0.05) is 19.8 Å². The molecule has 0 aromatic heterocycles. The van der Waals surface area contributed by atoms with Crippen molar-refractivity contribution in [3.05, 3.63) is 23.8 Å². The predicted molar refractivity (Wildman–Crippen MR) is 130 cm³/mol. The van der Waals surface area contributed by atoms with Crippen LogP contribution < -0.4 is 9.46 Å². The van der Waals surface area contributed by atoms with Crippen molar-refractivity contribution in [2.45, 2.75) is 51.7 Å². The van der Waals surface area contributed by atoms with Crippen molar-refractivity contribution in [1.29, 1.82) is 0 Å². The summed E-state index contributed by atoms with van der Waals surface area (Å²) in [6.07, 6.45) is 4.77. The van der Waals surface area contributed by atoms with Crippen LogP contribution in [0.25, 0.3) is 0 Å². The normalized spacial score (nSPS) is 25.2. The van der Waals surface area contributed by atoms with Gasteiger partial charge in [0.1, 0.15) is 12.4 Å². The van der Waals surface area contributed by atoms with Crippen LogP contribution in [-0.4, -0.2) is 82.3 Å². The highest BCUT2D eigenvalue weighted by Gasteiger charge is 2.34. The zero-order valence-electron chi connectivity index (χ0n) is 20.7. The van der Waals surface area contributed by atoms with Crippen LogP contribution in [-0.2, 0) is 19.6 Å². The Balaban J connectivity index is 1.97. The van der Waals surface area contributed by atoms with Crippen LogP contribution in [0.2, 0.25) is 0 Å². The Kier molecular flexibility index (Phi) is 8.46. The lowest BCUT2D eigenvalue weighted by Crippen LogP contribution is -2.50. The molecule has 0 spiro atoms. The summed E-state index contributed by atoms with van der Waals surface area (Å²) in [7, 11) is -0.175. The fraction of sp³-hybridized carbons (Fsp3) is 0.667. The van der Waals surface area contributed by atoms with Gasteiger partial charge < -0.3 is 19.3 Å². The first-order valence-electron chi connectivity index (χ1n) is 11.8. The van der Waals surface area contributed by atoms with Gasteiger partial charge in [-0.05, 0) is 31.9 Å². The standard InChI is InChI=1S/C24H37N3O6S/c1-16-13-27(23(28)18-8-6-7-9-18)17(2)15-33-21-12-19(25-34(5,30)31)10-11-20(21)24(29)26(3)14-22(16)32-4/h10-12,16-18,22,25H,6-9,13-15H2,1-5H3/t16-,17+,22+/m1/s1. The van der Waals surface area contributed by atoms with Gasteiger partial charge in [0, 0.05) is 45.1 Å². The van der Waals surface area contributed by atoms with Crippen LogP contribution in [0.1, 0.15) is 49.9 Å². The van der Waals surface area contributed by atoms with Gasteiger partial charge in [0.25, 0.3) is 5.91 Å². The molecule has 34 heavy (non-hydrogen) atoms. The first-order valence-corrected chi connectivity index (χ1v) is 13.7. The maximum absolute atomic E-state index is 13.4. The maximum Gasteiger partial charge on any atom is 0.257 e. The number of benzene rings is 1. The fourth-order valence-corrected chi connectivity index (χ4v) is 5.32. The van der Waals surface area contributed by atoms with Gasteiger partial charge in [0.05, 0.1) is 29.7 Å². The monoisotopic (exact) mass is 495 g/mol. The van der Waals surface area contributed by atoms with Crippen molar-refractivity contribution in [2.24, 2.45) is 11.8 Å². The fourth-order valence-electron chi connectivity index (χ4n) is 4.76. The Morgan fingerprint density at radius 3 is 2.47 bits per heavy atom. The van der Waals surface area contributed by atoms with E-state index in [1.807, 2.05) is 18.7 Å². The van der Waals surface area contributed by atoms with Crippen LogP contribution in [0.5, 0.6) is 5.75 Å². The topological polar surface area (TPSA) is 105 Å². The summed E-state index contributed by atoms with van der Waals surface area (Å²) in [6, 6.07) is 4.38. The molecule has 3 atom stereocenters. The SMILES string of the molecule is CO[C@H]1CN(C)C(=O)c2ccc(NS(C)(=O)=O)cc2OC[C@H](C)N(C(=O)C2CCCC2)C[C@H]1C. The van der Waals surface area contributed by atoms with E-state index in [1.54, 1.807) is 25.1 Å². The smallest absolute Gasteiger partial charge is 0.257 e. The molecule has 0 unspecified atom stereocenters. The lowest BCUT2D eigenvalue weighted by Gasteiger charge is -2.37. The number of amides is 2. The number of fused-ring (bicyclic) bond motifs is 1. The highest BCUT2D eigenvalue weighted by atomic mass is 32.2. The molecule has 1 heterocycles. The number of carbonyl (C=O) groups is 2. The number of anilines is 1. The van der Waals surface area contributed by atoms with Crippen LogP contribution in [0.15, 0.2) is 18.2 Å². The third-order valence-electron chi connectivity index (χ3n) is 6.74. The molecular formula is C24H37N3O6S. The number of rotatable bonds is 4. The highest BCUT2D eigenvalue weighted by Crippen LogP contribution is 2.30. The number of sulfonamides is 1. The Labute approximate surface area is 202 Å². The number of nitrogens with zero attached hydrogens (tertiary/aromatic N) is 2. The van der Waals surface area contributed by atoms with Gasteiger partial charge in [-0.3, -0.25) is 14.3 Å². The summed E-state index contributed by atoms with van der Waals surface area (Å²) >= 11 is 0. The highest BCUT2D eigenvalue weighted by molar-refractivity contribution is 7.92. The molecule has 1 aromatic rings. The Hall–Kier alpha value is -2.33. The maximum atomic E-state index is 13.4. The van der Waals surface area contributed by atoms with E-state index in [2.05, 4.69) is 4.72 Å². The predicted octanol–water partition coefficient (Wildman–Crippen LogP) is 2.58. The molecule has 1 aromatic carbocycles. The second-order valence-corrected chi connectivity index (χ2v) is 11.4. The molecule has 3 rings (SSSR count). The van der Waals surface area contributed by atoms with E-state index in [4.69, 9.17) is 9.47 Å². The largest absolute Gasteiger partial charge is 0.491 e. The molecule has 0 bridgehead atoms. The van der Waals surface area contributed by atoms with E-state index < -0.39 is 10.0 Å². The summed E-state index contributed by atoms with van der Waals surface area (Å²) in [5.41, 5.74) is 0.629. The summed E-state index contributed by atoms with van der Waals surface area (Å²) in [6.45, 7) is 5.01. The lowest BCUT2D eigenvalue weighted by atomic mass is 9.99. The minimum atomic E-state index is -3.50. The number of methoxy groups -OCH3 is 1. The van der Waals surface area contributed by atoms with Crippen LogP contribution in [0.3, 0.4) is 0 Å². The van der Waals surface area contributed by atoms with Crippen molar-refractivity contribution in [2.75, 3.05) is 44.8 Å². The number of hydrogen-bond acceptors (Lipinski definition) is 6. The second-order valence-electron chi connectivity index (χ2n) is 9.65. The third kappa shape index (κ3) is 6.41. The molecule has 190 valence electrons. The number of likely N-dealkylation sites (N-methyl/N-ethyl adjacent to an activating group) is 1. The van der Waals surface area contributed by atoms with E-state index in [9.17, 15) is 18.0 Å². The second kappa shape index (κ2) is 10.9. The van der Waals surface area contributed by atoms with Crippen molar-refractivity contribution < 1.29 is 27.5 Å². The van der Waals surface area contributed by atoms with E-state index in [0.717, 1.165) is 31.9 Å². The van der Waals surface area contributed by atoms with Crippen molar-refractivity contribution in [3.8, 4) is 5.75 Å². The average Bonchev–Trinajstić information content (AvgIpc) is 3.31. The molecule has 2 amide bonds. The van der Waals surface area contributed by atoms with Gasteiger partial charge in [-0.15, -0.1) is 0 Å². The molecule has 1 aliphatic carbocycles. The van der Waals surface area contributed by atoms with E-state index in [0.29, 0.717) is 24.3 Å². The molecule has 1 aliphatic heterocycles. The molecule has 9 nitrogen and oxygen atoms in total. The Morgan fingerprint density at radius 1 is 1.18 bits per heavy atom. The molecule has 0 saturated heterocycles. The molecule has 1 fully saturated rings. The number of hydrogen-bond donors (Lipinski definition) is 1. The average molecular weight is 496 g/mol. The molecule has 1 N–H and O–H groups in total. The van der Waals surface area contributed by atoms with E-state index in [-0.39, 0.29) is 48.2 Å². The lowest BCUT2D eigenvalue weighted by molar-refractivity contribution is -0.139. The van der Waals surface area contributed by atoms with Gasteiger partial charge in [0.15, 0.2) is 0 Å². The third-order valence-corrected chi connectivity index (χ3v) is 7.34.